The Hall–Kier alpha value is -0.800. The second-order valence-corrected chi connectivity index (χ2v) is 4.97. The molecule has 0 aliphatic carbocycles. The van der Waals surface area contributed by atoms with Crippen LogP contribution in [-0.4, -0.2) is 31.0 Å². The molecule has 2 rings (SSSR count). The van der Waals surface area contributed by atoms with Crippen molar-refractivity contribution < 1.29 is 9.53 Å². The van der Waals surface area contributed by atoms with Crippen molar-refractivity contribution in [2.24, 2.45) is 0 Å². The molecule has 0 aromatic heterocycles. The van der Waals surface area contributed by atoms with Crippen molar-refractivity contribution in [1.29, 1.82) is 0 Å². The molecular formula is C13H16O2S. The quantitative estimate of drug-likeness (QED) is 0.802. The number of carbonyl (C=O) groups is 1. The lowest BCUT2D eigenvalue weighted by Gasteiger charge is -2.26. The molecule has 3 heteroatoms. The molecule has 1 saturated heterocycles. The minimum absolute atomic E-state index is 0.295. The number of ether oxygens (including phenoxy) is 1. The summed E-state index contributed by atoms with van der Waals surface area (Å²) < 4.78 is 5.45. The first kappa shape index (κ1) is 11.7. The van der Waals surface area contributed by atoms with Crippen molar-refractivity contribution in [2.45, 2.75) is 11.8 Å². The zero-order valence-corrected chi connectivity index (χ0v) is 10.3. The highest BCUT2D eigenvalue weighted by molar-refractivity contribution is 7.99. The number of hydrogen-bond donors (Lipinski definition) is 0. The Morgan fingerprint density at radius 1 is 1.44 bits per heavy atom. The van der Waals surface area contributed by atoms with E-state index in [0.29, 0.717) is 24.7 Å². The van der Waals surface area contributed by atoms with Crippen LogP contribution < -0.4 is 0 Å². The zero-order chi connectivity index (χ0) is 11.4. The van der Waals surface area contributed by atoms with Gasteiger partial charge in [-0.1, -0.05) is 30.3 Å². The van der Waals surface area contributed by atoms with Gasteiger partial charge in [-0.15, -0.1) is 0 Å². The minimum atomic E-state index is -0.385. The summed E-state index contributed by atoms with van der Waals surface area (Å²) in [5.41, 5.74) is 0.719. The average Bonchev–Trinajstić information content (AvgIpc) is 2.81. The highest BCUT2D eigenvalue weighted by Gasteiger charge is 2.42. The molecule has 0 saturated carbocycles. The van der Waals surface area contributed by atoms with Gasteiger partial charge in [0.2, 0.25) is 0 Å². The van der Waals surface area contributed by atoms with Crippen LogP contribution in [0.3, 0.4) is 0 Å². The highest BCUT2D eigenvalue weighted by atomic mass is 32.2. The standard InChI is InChI=1S/C13H16O2S/c1-16-9-12(14)13(7-8-15-10-13)11-5-3-2-4-6-11/h2-6H,7-10H2,1H3. The monoisotopic (exact) mass is 236 g/mol. The summed E-state index contributed by atoms with van der Waals surface area (Å²) in [4.78, 5) is 12.3. The molecule has 1 aliphatic rings. The first-order valence-corrected chi connectivity index (χ1v) is 6.84. The van der Waals surface area contributed by atoms with Gasteiger partial charge in [-0.25, -0.2) is 0 Å². The molecule has 0 N–H and O–H groups in total. The van der Waals surface area contributed by atoms with E-state index in [4.69, 9.17) is 4.74 Å². The average molecular weight is 236 g/mol. The number of hydrogen-bond acceptors (Lipinski definition) is 3. The van der Waals surface area contributed by atoms with Gasteiger partial charge in [-0.3, -0.25) is 4.79 Å². The van der Waals surface area contributed by atoms with E-state index in [1.165, 1.54) is 0 Å². The van der Waals surface area contributed by atoms with Gasteiger partial charge in [0.05, 0.1) is 17.8 Å². The van der Waals surface area contributed by atoms with Crippen molar-refractivity contribution in [3.8, 4) is 0 Å². The van der Waals surface area contributed by atoms with Crippen molar-refractivity contribution in [3.05, 3.63) is 35.9 Å². The van der Waals surface area contributed by atoms with Gasteiger partial charge in [0, 0.05) is 6.61 Å². The van der Waals surface area contributed by atoms with E-state index in [2.05, 4.69) is 0 Å². The molecule has 1 fully saturated rings. The molecule has 1 unspecified atom stereocenters. The summed E-state index contributed by atoms with van der Waals surface area (Å²) in [6, 6.07) is 10.0. The third-order valence-corrected chi connectivity index (χ3v) is 3.71. The van der Waals surface area contributed by atoms with Crippen LogP contribution in [0.2, 0.25) is 0 Å². The van der Waals surface area contributed by atoms with Gasteiger partial charge in [0.25, 0.3) is 0 Å². The van der Waals surface area contributed by atoms with Crippen molar-refractivity contribution in [1.82, 2.24) is 0 Å². The maximum absolute atomic E-state index is 12.3. The SMILES string of the molecule is CSCC(=O)C1(c2ccccc2)CCOC1. The van der Waals surface area contributed by atoms with Crippen LogP contribution in [-0.2, 0) is 14.9 Å². The fourth-order valence-corrected chi connectivity index (χ4v) is 2.74. The van der Waals surface area contributed by atoms with Crippen LogP contribution in [0.25, 0.3) is 0 Å². The summed E-state index contributed by atoms with van der Waals surface area (Å²) in [5, 5.41) is 0. The lowest BCUT2D eigenvalue weighted by atomic mass is 9.77. The van der Waals surface area contributed by atoms with E-state index in [1.54, 1.807) is 11.8 Å². The van der Waals surface area contributed by atoms with Gasteiger partial charge >= 0.3 is 0 Å². The lowest BCUT2D eigenvalue weighted by molar-refractivity contribution is -0.122. The zero-order valence-electron chi connectivity index (χ0n) is 9.44. The Labute approximate surface area is 100 Å². The molecule has 1 heterocycles. The topological polar surface area (TPSA) is 26.3 Å². The summed E-state index contributed by atoms with van der Waals surface area (Å²) in [6.07, 6.45) is 2.78. The first-order valence-electron chi connectivity index (χ1n) is 5.45. The molecule has 1 atom stereocenters. The van der Waals surface area contributed by atoms with Gasteiger partial charge in [0.1, 0.15) is 0 Å². The molecule has 2 nitrogen and oxygen atoms in total. The number of benzene rings is 1. The van der Waals surface area contributed by atoms with Crippen LogP contribution in [0, 0.1) is 0 Å². The highest BCUT2D eigenvalue weighted by Crippen LogP contribution is 2.34. The molecule has 1 aromatic rings. The molecule has 1 aliphatic heterocycles. The summed E-state index contributed by atoms with van der Waals surface area (Å²) >= 11 is 1.58. The fourth-order valence-electron chi connectivity index (χ4n) is 2.20. The maximum Gasteiger partial charge on any atom is 0.155 e. The van der Waals surface area contributed by atoms with Crippen molar-refractivity contribution in [3.63, 3.8) is 0 Å². The van der Waals surface area contributed by atoms with Crippen LogP contribution >= 0.6 is 11.8 Å². The summed E-state index contributed by atoms with van der Waals surface area (Å²) in [6.45, 7) is 1.23. The van der Waals surface area contributed by atoms with E-state index in [-0.39, 0.29) is 5.41 Å². The van der Waals surface area contributed by atoms with E-state index in [0.717, 1.165) is 12.0 Å². The van der Waals surface area contributed by atoms with Gasteiger partial charge in [0.15, 0.2) is 5.78 Å². The molecule has 86 valence electrons. The van der Waals surface area contributed by atoms with Gasteiger partial charge in [-0.2, -0.15) is 11.8 Å². The van der Waals surface area contributed by atoms with E-state index < -0.39 is 0 Å². The van der Waals surface area contributed by atoms with E-state index in [9.17, 15) is 4.79 Å². The second-order valence-electron chi connectivity index (χ2n) is 4.11. The molecule has 1 aromatic carbocycles. The molecule has 0 amide bonds. The van der Waals surface area contributed by atoms with Gasteiger partial charge in [-0.05, 0) is 18.2 Å². The van der Waals surface area contributed by atoms with E-state index >= 15 is 0 Å². The second kappa shape index (κ2) is 5.02. The normalized spacial score (nSPS) is 24.6. The fraction of sp³-hybridized carbons (Fsp3) is 0.462. The predicted octanol–water partition coefficient (Wildman–Crippen LogP) is 2.28. The third-order valence-electron chi connectivity index (χ3n) is 3.16. The smallest absolute Gasteiger partial charge is 0.155 e. The first-order chi connectivity index (χ1) is 7.79. The molecular weight excluding hydrogens is 220 g/mol. The molecule has 0 bridgehead atoms. The van der Waals surface area contributed by atoms with Gasteiger partial charge < -0.3 is 4.74 Å². The Kier molecular flexibility index (Phi) is 3.66. The molecule has 0 spiro atoms. The van der Waals surface area contributed by atoms with E-state index in [1.807, 2.05) is 36.6 Å². The summed E-state index contributed by atoms with van der Waals surface area (Å²) in [5.74, 6) is 0.863. The predicted molar refractivity (Wildman–Crippen MR) is 66.9 cm³/mol. The lowest BCUT2D eigenvalue weighted by Crippen LogP contribution is -2.37. The van der Waals surface area contributed by atoms with Crippen LogP contribution in [0.5, 0.6) is 0 Å². The minimum Gasteiger partial charge on any atom is -0.380 e. The largest absolute Gasteiger partial charge is 0.380 e. The number of thioether (sulfide) groups is 1. The van der Waals surface area contributed by atoms with Crippen molar-refractivity contribution in [2.75, 3.05) is 25.2 Å². The van der Waals surface area contributed by atoms with Crippen LogP contribution in [0.15, 0.2) is 30.3 Å². The summed E-state index contributed by atoms with van der Waals surface area (Å²) in [7, 11) is 0. The molecule has 16 heavy (non-hydrogen) atoms. The number of ketones is 1. The Morgan fingerprint density at radius 2 is 2.19 bits per heavy atom. The van der Waals surface area contributed by atoms with Crippen molar-refractivity contribution >= 4 is 17.5 Å². The Morgan fingerprint density at radius 3 is 2.75 bits per heavy atom. The molecule has 0 radical (unpaired) electrons. The maximum atomic E-state index is 12.3. The Bertz CT molecular complexity index is 355. The number of Topliss-reactive ketones (excluding diaryl/α,β-unsaturated/α-hetero) is 1. The van der Waals surface area contributed by atoms with Crippen LogP contribution in [0.4, 0.5) is 0 Å². The number of rotatable bonds is 4. The third kappa shape index (κ3) is 2.02. The number of carbonyl (C=O) groups excluding carboxylic acids is 1. The van der Waals surface area contributed by atoms with Crippen LogP contribution in [0.1, 0.15) is 12.0 Å². The Balaban J connectivity index is 2.32.